The summed E-state index contributed by atoms with van der Waals surface area (Å²) in [5.41, 5.74) is 5.52. The van der Waals surface area contributed by atoms with Crippen molar-refractivity contribution in [1.29, 1.82) is 0 Å². The molecule has 1 aliphatic heterocycles. The molecule has 1 aliphatic rings. The maximum absolute atomic E-state index is 14.2. The Morgan fingerprint density at radius 3 is 2.20 bits per heavy atom. The van der Waals surface area contributed by atoms with Gasteiger partial charge in [-0.2, -0.15) is 0 Å². The molecule has 0 unspecified atom stereocenters. The number of carbonyl (C=O) groups is 6. The molecule has 0 radical (unpaired) electrons. The number of ether oxygens (including phenoxy) is 3. The average Bonchev–Trinajstić information content (AvgIpc) is 3.45. The summed E-state index contributed by atoms with van der Waals surface area (Å²) in [5, 5.41) is 10.7. The van der Waals surface area contributed by atoms with Gasteiger partial charge in [-0.1, -0.05) is 46.8 Å². The third kappa shape index (κ3) is 17.1. The quantitative estimate of drug-likeness (QED) is 0.101. The van der Waals surface area contributed by atoms with Crippen molar-refractivity contribution in [2.24, 2.45) is 22.5 Å². The number of halogens is 1. The Balaban J connectivity index is 1.99. The van der Waals surface area contributed by atoms with Gasteiger partial charge in [0, 0.05) is 31.7 Å². The second-order valence-corrected chi connectivity index (χ2v) is 16.2. The van der Waals surface area contributed by atoms with E-state index < -0.39 is 59.6 Å². The Morgan fingerprint density at radius 1 is 0.944 bits per heavy atom. The molecule has 0 aromatic heterocycles. The third-order valence-corrected chi connectivity index (χ3v) is 8.54. The number of nitrogens with zero attached hydrogens (tertiary/aromatic N) is 1. The summed E-state index contributed by atoms with van der Waals surface area (Å²) in [5.74, 6) is -2.18. The monoisotopic (exact) mass is 764 g/mol. The van der Waals surface area contributed by atoms with E-state index in [1.807, 2.05) is 0 Å². The number of urea groups is 1. The lowest BCUT2D eigenvalue weighted by Gasteiger charge is -2.25. The number of anilines is 1. The molecule has 6 N–H and O–H groups in total. The zero-order chi connectivity index (χ0) is 40.6. The van der Waals surface area contributed by atoms with Crippen LogP contribution in [0.15, 0.2) is 24.3 Å². The van der Waals surface area contributed by atoms with Gasteiger partial charge in [-0.25, -0.2) is 14.0 Å². The predicted molar refractivity (Wildman–Crippen MR) is 201 cm³/mol. The normalized spacial score (nSPS) is 17.0. The number of likely N-dealkylation sites (tertiary alicyclic amines) is 1. The topological polar surface area (TPSA) is 207 Å². The van der Waals surface area contributed by atoms with Crippen LogP contribution in [0, 0.1) is 16.7 Å². The second-order valence-electron chi connectivity index (χ2n) is 16.2. The van der Waals surface area contributed by atoms with E-state index in [1.54, 1.807) is 58.9 Å². The Morgan fingerprint density at radius 2 is 1.61 bits per heavy atom. The second kappa shape index (κ2) is 21.4. The lowest BCUT2D eigenvalue weighted by Crippen LogP contribution is -2.54. The highest BCUT2D eigenvalue weighted by Crippen LogP contribution is 2.24. The van der Waals surface area contributed by atoms with Gasteiger partial charge in [0.1, 0.15) is 31.5 Å². The van der Waals surface area contributed by atoms with Crippen LogP contribution in [0.3, 0.4) is 0 Å². The molecule has 1 aromatic carbocycles. The number of nitrogens with one attached hydrogen (secondary N) is 4. The maximum atomic E-state index is 14.2. The van der Waals surface area contributed by atoms with E-state index >= 15 is 0 Å². The molecule has 304 valence electrons. The largest absolute Gasteiger partial charge is 0.463 e. The minimum Gasteiger partial charge on any atom is -0.463 e. The van der Waals surface area contributed by atoms with Crippen molar-refractivity contribution in [2.45, 2.75) is 118 Å². The first-order valence-electron chi connectivity index (χ1n) is 18.5. The average molecular weight is 765 g/mol. The Hall–Kier alpha value is -4.47. The van der Waals surface area contributed by atoms with Gasteiger partial charge in [-0.15, -0.1) is 0 Å². The highest BCUT2D eigenvalue weighted by Gasteiger charge is 2.38. The number of rotatable bonds is 19. The standard InChI is InChI=1S/C38H61FN6O9/c1-24(2)31(44-30(46)15-18-52-19-16-37(3,4)5)33(48)43-29(10-9-17-41-35(40)50)32(47)42-27-13-11-25(12-14-27)22-54-36(51)45-21-26(39)20-28(45)23-53-34(49)38(6,7)8/h11-14,24,26,28-29,31H,9-10,15-23H2,1-8H3,(H,42,47)(H,43,48)(H,44,46)(H3,40,41,50)/t26-,28-,29-,31-/m0/s1. The summed E-state index contributed by atoms with van der Waals surface area (Å²) in [7, 11) is 0. The van der Waals surface area contributed by atoms with Crippen LogP contribution >= 0.6 is 0 Å². The van der Waals surface area contributed by atoms with Crippen LogP contribution in [0.1, 0.15) is 93.1 Å². The Bertz CT molecular complexity index is 1410. The first-order chi connectivity index (χ1) is 25.2. The van der Waals surface area contributed by atoms with E-state index in [0.717, 1.165) is 6.42 Å². The Labute approximate surface area is 318 Å². The molecular formula is C38H61FN6O9. The van der Waals surface area contributed by atoms with E-state index in [4.69, 9.17) is 19.9 Å². The molecule has 6 amide bonds. The molecule has 0 bridgehead atoms. The van der Waals surface area contributed by atoms with Gasteiger partial charge in [0.2, 0.25) is 17.7 Å². The van der Waals surface area contributed by atoms with Crippen LogP contribution in [0.4, 0.5) is 19.7 Å². The van der Waals surface area contributed by atoms with Crippen LogP contribution in [-0.2, 0) is 40.0 Å². The van der Waals surface area contributed by atoms with Gasteiger partial charge in [0.25, 0.3) is 0 Å². The fraction of sp³-hybridized carbons (Fsp3) is 0.684. The van der Waals surface area contributed by atoms with Crippen LogP contribution in [0.25, 0.3) is 0 Å². The summed E-state index contributed by atoms with van der Waals surface area (Å²) >= 11 is 0. The number of primary amides is 1. The highest BCUT2D eigenvalue weighted by molar-refractivity contribution is 5.98. The summed E-state index contributed by atoms with van der Waals surface area (Å²) in [6.07, 6.45) is -0.598. The van der Waals surface area contributed by atoms with Crippen molar-refractivity contribution >= 4 is 41.5 Å². The lowest BCUT2D eigenvalue weighted by atomic mass is 9.93. The van der Waals surface area contributed by atoms with Crippen LogP contribution in [-0.4, -0.2) is 97.9 Å². The summed E-state index contributed by atoms with van der Waals surface area (Å²) in [4.78, 5) is 76.9. The van der Waals surface area contributed by atoms with Crippen molar-refractivity contribution in [3.05, 3.63) is 29.8 Å². The lowest BCUT2D eigenvalue weighted by molar-refractivity contribution is -0.154. The van der Waals surface area contributed by atoms with Crippen molar-refractivity contribution in [2.75, 3.05) is 38.2 Å². The van der Waals surface area contributed by atoms with E-state index in [0.29, 0.717) is 24.3 Å². The number of carbonyl (C=O) groups excluding carboxylic acids is 6. The van der Waals surface area contributed by atoms with Gasteiger partial charge in [0.15, 0.2) is 0 Å². The van der Waals surface area contributed by atoms with Crippen LogP contribution < -0.4 is 27.0 Å². The molecule has 1 aromatic rings. The van der Waals surface area contributed by atoms with Gasteiger partial charge in [-0.05, 0) is 69.1 Å². The van der Waals surface area contributed by atoms with Crippen molar-refractivity contribution in [1.82, 2.24) is 20.9 Å². The molecule has 4 atom stereocenters. The molecule has 0 aliphatic carbocycles. The SMILES string of the molecule is CC(C)[C@H](NC(=O)CCOCCC(C)(C)C)C(=O)N[C@@H](CCCNC(N)=O)C(=O)Nc1ccc(COC(=O)N2C[C@@H](F)C[C@H]2COC(=O)C(C)(C)C)cc1. The van der Waals surface area contributed by atoms with E-state index in [1.165, 1.54) is 4.90 Å². The predicted octanol–water partition coefficient (Wildman–Crippen LogP) is 4.18. The molecule has 1 heterocycles. The Kier molecular flexibility index (Phi) is 18.1. The minimum absolute atomic E-state index is 0.0320. The summed E-state index contributed by atoms with van der Waals surface area (Å²) < 4.78 is 30.5. The van der Waals surface area contributed by atoms with E-state index in [9.17, 15) is 33.2 Å². The van der Waals surface area contributed by atoms with Crippen molar-refractivity contribution < 1.29 is 47.4 Å². The molecule has 1 saturated heterocycles. The highest BCUT2D eigenvalue weighted by atomic mass is 19.1. The summed E-state index contributed by atoms with van der Waals surface area (Å²) in [6, 6.07) is 3.15. The minimum atomic E-state index is -1.27. The van der Waals surface area contributed by atoms with E-state index in [2.05, 4.69) is 42.0 Å². The molecule has 15 nitrogen and oxygen atoms in total. The number of amides is 6. The molecule has 2 rings (SSSR count). The molecule has 0 saturated carbocycles. The van der Waals surface area contributed by atoms with E-state index in [-0.39, 0.29) is 69.4 Å². The smallest absolute Gasteiger partial charge is 0.410 e. The molecular weight excluding hydrogens is 703 g/mol. The number of hydrogen-bond acceptors (Lipinski definition) is 9. The van der Waals surface area contributed by atoms with Crippen molar-refractivity contribution in [3.63, 3.8) is 0 Å². The molecule has 0 spiro atoms. The fourth-order valence-corrected chi connectivity index (χ4v) is 5.25. The first-order valence-corrected chi connectivity index (χ1v) is 18.5. The zero-order valence-electron chi connectivity index (χ0n) is 33.1. The number of alkyl halides is 1. The van der Waals surface area contributed by atoms with Crippen LogP contribution in [0.5, 0.6) is 0 Å². The van der Waals surface area contributed by atoms with Crippen LogP contribution in [0.2, 0.25) is 0 Å². The van der Waals surface area contributed by atoms with Gasteiger partial charge >= 0.3 is 18.1 Å². The molecule has 1 fully saturated rings. The zero-order valence-corrected chi connectivity index (χ0v) is 33.1. The summed E-state index contributed by atoms with van der Waals surface area (Å²) in [6.45, 7) is 15.4. The molecule has 16 heteroatoms. The van der Waals surface area contributed by atoms with Gasteiger partial charge < -0.3 is 41.2 Å². The maximum Gasteiger partial charge on any atom is 0.410 e. The van der Waals surface area contributed by atoms with Gasteiger partial charge in [-0.3, -0.25) is 24.1 Å². The molecule has 54 heavy (non-hydrogen) atoms. The number of esters is 1. The number of nitrogens with two attached hydrogens (primary N) is 1. The first kappa shape index (κ1) is 45.7. The third-order valence-electron chi connectivity index (χ3n) is 8.54. The van der Waals surface area contributed by atoms with Gasteiger partial charge in [0.05, 0.1) is 24.6 Å². The fourth-order valence-electron chi connectivity index (χ4n) is 5.25. The van der Waals surface area contributed by atoms with Crippen molar-refractivity contribution in [3.8, 4) is 0 Å². The number of hydrogen-bond donors (Lipinski definition) is 5. The number of benzene rings is 1.